The molecule has 0 unspecified atom stereocenters. The molecule has 2 amide bonds. The average molecular weight is 347 g/mol. The molecule has 25 heavy (non-hydrogen) atoms. The number of hydrogen-bond acceptors (Lipinski definition) is 4. The molecule has 1 aromatic heterocycles. The van der Waals surface area contributed by atoms with Crippen molar-refractivity contribution in [3.05, 3.63) is 59.3 Å². The number of furan rings is 1. The first-order valence-corrected chi connectivity index (χ1v) is 7.80. The van der Waals surface area contributed by atoms with Crippen molar-refractivity contribution in [1.82, 2.24) is 15.1 Å². The average Bonchev–Trinajstić information content (AvgIpc) is 3.02. The highest BCUT2D eigenvalue weighted by Crippen LogP contribution is 2.21. The van der Waals surface area contributed by atoms with Gasteiger partial charge >= 0.3 is 0 Å². The van der Waals surface area contributed by atoms with Crippen molar-refractivity contribution in [1.29, 1.82) is 0 Å². The maximum absolute atomic E-state index is 14.0. The second kappa shape index (κ2) is 7.94. The van der Waals surface area contributed by atoms with Gasteiger partial charge in [-0.2, -0.15) is 0 Å². The predicted molar refractivity (Wildman–Crippen MR) is 91.4 cm³/mol. The molecule has 0 bridgehead atoms. The van der Waals surface area contributed by atoms with Crippen LogP contribution in [-0.2, 0) is 11.3 Å². The molecular formula is C18H22FN3O3. The Morgan fingerprint density at radius 2 is 1.80 bits per heavy atom. The van der Waals surface area contributed by atoms with Crippen molar-refractivity contribution in [2.45, 2.75) is 12.6 Å². The van der Waals surface area contributed by atoms with Crippen LogP contribution in [0.5, 0.6) is 0 Å². The number of carbonyl (C=O) groups excluding carboxylic acids is 2. The lowest BCUT2D eigenvalue weighted by Gasteiger charge is -2.24. The van der Waals surface area contributed by atoms with Crippen molar-refractivity contribution < 1.29 is 18.4 Å². The second-order valence-corrected chi connectivity index (χ2v) is 6.07. The van der Waals surface area contributed by atoms with Crippen LogP contribution in [0.3, 0.4) is 0 Å². The maximum atomic E-state index is 14.0. The topological polar surface area (TPSA) is 65.8 Å². The van der Waals surface area contributed by atoms with Gasteiger partial charge in [-0.25, -0.2) is 4.39 Å². The van der Waals surface area contributed by atoms with Gasteiger partial charge in [0.2, 0.25) is 5.91 Å². The van der Waals surface area contributed by atoms with Crippen LogP contribution in [-0.4, -0.2) is 49.8 Å². The van der Waals surface area contributed by atoms with Gasteiger partial charge in [-0.1, -0.05) is 18.2 Å². The monoisotopic (exact) mass is 347 g/mol. The van der Waals surface area contributed by atoms with Gasteiger partial charge in [-0.15, -0.1) is 0 Å². The first-order chi connectivity index (χ1) is 11.8. The fourth-order valence-electron chi connectivity index (χ4n) is 2.43. The number of likely N-dealkylation sites (N-methyl/N-ethyl adjacent to an activating group) is 1. The predicted octanol–water partition coefficient (Wildman–Crippen LogP) is 2.04. The Balaban J connectivity index is 2.08. The van der Waals surface area contributed by atoms with Gasteiger partial charge in [-0.05, 0) is 32.3 Å². The highest BCUT2D eigenvalue weighted by Gasteiger charge is 2.25. The Bertz CT molecular complexity index is 756. The van der Waals surface area contributed by atoms with Gasteiger partial charge in [0, 0.05) is 19.7 Å². The molecule has 0 radical (unpaired) electrons. The summed E-state index contributed by atoms with van der Waals surface area (Å²) in [5.74, 6) is -0.396. The van der Waals surface area contributed by atoms with E-state index < -0.39 is 11.9 Å². The van der Waals surface area contributed by atoms with Crippen LogP contribution >= 0.6 is 0 Å². The van der Waals surface area contributed by atoms with Gasteiger partial charge in [-0.3, -0.25) is 14.5 Å². The second-order valence-electron chi connectivity index (χ2n) is 6.07. The minimum atomic E-state index is -0.765. The molecule has 1 N–H and O–H groups in total. The SMILES string of the molecule is CN(C)C(=O)c1ccc(CNC(=O)[C@@H](c2ccccc2F)N(C)C)o1. The molecule has 0 aliphatic rings. The molecule has 1 aromatic carbocycles. The fourth-order valence-corrected chi connectivity index (χ4v) is 2.43. The normalized spacial score (nSPS) is 12.1. The molecule has 0 spiro atoms. The van der Waals surface area contributed by atoms with Crippen molar-refractivity contribution in [3.8, 4) is 0 Å². The number of nitrogens with zero attached hydrogens (tertiary/aromatic N) is 2. The standard InChI is InChI=1S/C18H22FN3O3/c1-21(2)16(13-7-5-6-8-14(13)19)17(23)20-11-12-9-10-15(25-12)18(24)22(3)4/h5-10,16H,11H2,1-4H3,(H,20,23)/t16-/m1/s1. The minimum Gasteiger partial charge on any atom is -0.454 e. The summed E-state index contributed by atoms with van der Waals surface area (Å²) < 4.78 is 19.5. The molecule has 0 saturated carbocycles. The molecule has 134 valence electrons. The van der Waals surface area contributed by atoms with Crippen molar-refractivity contribution in [2.24, 2.45) is 0 Å². The van der Waals surface area contributed by atoms with Gasteiger partial charge < -0.3 is 14.6 Å². The highest BCUT2D eigenvalue weighted by atomic mass is 19.1. The van der Waals surface area contributed by atoms with Crippen molar-refractivity contribution >= 4 is 11.8 Å². The lowest BCUT2D eigenvalue weighted by molar-refractivity contribution is -0.126. The highest BCUT2D eigenvalue weighted by molar-refractivity contribution is 5.91. The third-order valence-electron chi connectivity index (χ3n) is 3.68. The first-order valence-electron chi connectivity index (χ1n) is 7.80. The fraction of sp³-hybridized carbons (Fsp3) is 0.333. The van der Waals surface area contributed by atoms with Gasteiger partial charge in [0.1, 0.15) is 17.6 Å². The number of halogens is 1. The molecule has 0 aliphatic heterocycles. The van der Waals surface area contributed by atoms with Crippen molar-refractivity contribution in [3.63, 3.8) is 0 Å². The number of hydrogen-bond donors (Lipinski definition) is 1. The van der Waals surface area contributed by atoms with E-state index in [-0.39, 0.29) is 24.1 Å². The van der Waals surface area contributed by atoms with E-state index in [1.54, 1.807) is 63.4 Å². The molecule has 0 aliphatic carbocycles. The minimum absolute atomic E-state index is 0.109. The molecule has 6 nitrogen and oxygen atoms in total. The Hall–Kier alpha value is -2.67. The molecular weight excluding hydrogens is 325 g/mol. The third-order valence-corrected chi connectivity index (χ3v) is 3.68. The summed E-state index contributed by atoms with van der Waals surface area (Å²) >= 11 is 0. The lowest BCUT2D eigenvalue weighted by Crippen LogP contribution is -2.37. The summed E-state index contributed by atoms with van der Waals surface area (Å²) in [6.45, 7) is 0.109. The lowest BCUT2D eigenvalue weighted by atomic mass is 10.0. The zero-order valence-electron chi connectivity index (χ0n) is 14.7. The molecule has 2 aromatic rings. The van der Waals surface area contributed by atoms with Crippen LogP contribution < -0.4 is 5.32 Å². The summed E-state index contributed by atoms with van der Waals surface area (Å²) in [6.07, 6.45) is 0. The summed E-state index contributed by atoms with van der Waals surface area (Å²) in [5.41, 5.74) is 0.299. The summed E-state index contributed by atoms with van der Waals surface area (Å²) in [5, 5.41) is 2.72. The molecule has 0 saturated heterocycles. The van der Waals surface area contributed by atoms with Crippen LogP contribution in [0.25, 0.3) is 0 Å². The quantitative estimate of drug-likeness (QED) is 0.868. The Morgan fingerprint density at radius 1 is 1.12 bits per heavy atom. The summed E-state index contributed by atoms with van der Waals surface area (Å²) in [6, 6.07) is 8.60. The van der Waals surface area contributed by atoms with E-state index in [0.717, 1.165) is 0 Å². The first kappa shape index (κ1) is 18.7. The van der Waals surface area contributed by atoms with E-state index in [0.29, 0.717) is 11.3 Å². The van der Waals surface area contributed by atoms with E-state index in [1.165, 1.54) is 11.0 Å². The van der Waals surface area contributed by atoms with Crippen LogP contribution in [0.1, 0.15) is 27.9 Å². The zero-order chi connectivity index (χ0) is 18.6. The molecule has 2 rings (SSSR count). The molecule has 7 heteroatoms. The molecule has 0 fully saturated rings. The number of benzene rings is 1. The largest absolute Gasteiger partial charge is 0.454 e. The van der Waals surface area contributed by atoms with E-state index in [4.69, 9.17) is 4.42 Å². The number of carbonyl (C=O) groups is 2. The van der Waals surface area contributed by atoms with Crippen LogP contribution in [0.2, 0.25) is 0 Å². The van der Waals surface area contributed by atoms with Crippen LogP contribution in [0, 0.1) is 5.82 Å². The summed E-state index contributed by atoms with van der Waals surface area (Å²) in [7, 11) is 6.67. The molecule has 1 atom stereocenters. The Labute approximate surface area is 146 Å². The van der Waals surface area contributed by atoms with Gasteiger partial charge in [0.05, 0.1) is 6.54 Å². The van der Waals surface area contributed by atoms with Gasteiger partial charge in [0.25, 0.3) is 5.91 Å². The van der Waals surface area contributed by atoms with E-state index >= 15 is 0 Å². The smallest absolute Gasteiger partial charge is 0.289 e. The zero-order valence-corrected chi connectivity index (χ0v) is 14.7. The number of rotatable bonds is 6. The van der Waals surface area contributed by atoms with Crippen molar-refractivity contribution in [2.75, 3.05) is 28.2 Å². The maximum Gasteiger partial charge on any atom is 0.289 e. The van der Waals surface area contributed by atoms with Crippen LogP contribution in [0.15, 0.2) is 40.8 Å². The Kier molecular flexibility index (Phi) is 5.93. The third kappa shape index (κ3) is 4.45. The van der Waals surface area contributed by atoms with Crippen LogP contribution in [0.4, 0.5) is 4.39 Å². The van der Waals surface area contributed by atoms with E-state index in [1.807, 2.05) is 0 Å². The van der Waals surface area contributed by atoms with E-state index in [9.17, 15) is 14.0 Å². The Morgan fingerprint density at radius 3 is 2.40 bits per heavy atom. The number of amides is 2. The number of nitrogens with one attached hydrogen (secondary N) is 1. The van der Waals surface area contributed by atoms with Gasteiger partial charge in [0.15, 0.2) is 5.76 Å². The summed E-state index contributed by atoms with van der Waals surface area (Å²) in [4.78, 5) is 27.4. The molecule has 1 heterocycles. The van der Waals surface area contributed by atoms with E-state index in [2.05, 4.69) is 5.32 Å².